The summed E-state index contributed by atoms with van der Waals surface area (Å²) in [5.74, 6) is 0.578. The van der Waals surface area contributed by atoms with E-state index in [9.17, 15) is 4.79 Å². The SMILES string of the molecule is COC(=O)Cc1cc2c(cn1)OCCC2. The number of pyridine rings is 1. The van der Waals surface area contributed by atoms with Crippen LogP contribution in [0.5, 0.6) is 5.75 Å². The number of aromatic nitrogens is 1. The predicted octanol–water partition coefficient (Wildman–Crippen LogP) is 1.12. The molecule has 0 spiro atoms. The first-order chi connectivity index (χ1) is 7.29. The summed E-state index contributed by atoms with van der Waals surface area (Å²) in [6.45, 7) is 0.755. The third-order valence-electron chi connectivity index (χ3n) is 2.41. The first-order valence-electron chi connectivity index (χ1n) is 4.97. The van der Waals surface area contributed by atoms with Gasteiger partial charge in [0.1, 0.15) is 5.75 Å². The van der Waals surface area contributed by atoms with Gasteiger partial charge in [0.15, 0.2) is 0 Å². The molecule has 2 heterocycles. The number of hydrogen-bond acceptors (Lipinski definition) is 4. The van der Waals surface area contributed by atoms with Gasteiger partial charge in [0.05, 0.1) is 32.0 Å². The molecule has 80 valence electrons. The molecule has 1 aromatic rings. The predicted molar refractivity (Wildman–Crippen MR) is 53.8 cm³/mol. The minimum absolute atomic E-state index is 0.226. The maximum atomic E-state index is 11.1. The van der Waals surface area contributed by atoms with Gasteiger partial charge in [0, 0.05) is 0 Å². The lowest BCUT2D eigenvalue weighted by Gasteiger charge is -2.16. The average Bonchev–Trinajstić information content (AvgIpc) is 2.29. The van der Waals surface area contributed by atoms with Crippen molar-refractivity contribution in [2.45, 2.75) is 19.3 Å². The standard InChI is InChI=1S/C11H13NO3/c1-14-11(13)6-9-5-8-3-2-4-15-10(8)7-12-9/h5,7H,2-4,6H2,1H3. The van der Waals surface area contributed by atoms with Gasteiger partial charge >= 0.3 is 5.97 Å². The second kappa shape index (κ2) is 4.29. The quantitative estimate of drug-likeness (QED) is 0.682. The monoisotopic (exact) mass is 207 g/mol. The number of rotatable bonds is 2. The third kappa shape index (κ3) is 2.26. The van der Waals surface area contributed by atoms with Crippen LogP contribution in [0.15, 0.2) is 12.3 Å². The number of ether oxygens (including phenoxy) is 2. The number of hydrogen-bond donors (Lipinski definition) is 0. The highest BCUT2D eigenvalue weighted by molar-refractivity contribution is 5.71. The second-order valence-corrected chi connectivity index (χ2v) is 3.49. The highest BCUT2D eigenvalue weighted by Gasteiger charge is 2.12. The van der Waals surface area contributed by atoms with E-state index in [0.29, 0.717) is 0 Å². The van der Waals surface area contributed by atoms with Crippen LogP contribution < -0.4 is 4.74 Å². The summed E-state index contributed by atoms with van der Waals surface area (Å²) >= 11 is 0. The lowest BCUT2D eigenvalue weighted by molar-refractivity contribution is -0.139. The Labute approximate surface area is 88.2 Å². The van der Waals surface area contributed by atoms with Gasteiger partial charge in [-0.3, -0.25) is 9.78 Å². The van der Waals surface area contributed by atoms with Crippen LogP contribution >= 0.6 is 0 Å². The van der Waals surface area contributed by atoms with E-state index in [1.165, 1.54) is 7.11 Å². The molecule has 0 fully saturated rings. The number of methoxy groups -OCH3 is 1. The normalized spacial score (nSPS) is 13.9. The van der Waals surface area contributed by atoms with Gasteiger partial charge in [0.25, 0.3) is 0 Å². The number of nitrogens with zero attached hydrogens (tertiary/aromatic N) is 1. The van der Waals surface area contributed by atoms with Crippen LogP contribution in [0.2, 0.25) is 0 Å². The molecular formula is C11H13NO3. The Balaban J connectivity index is 2.17. The van der Waals surface area contributed by atoms with Crippen LogP contribution in [0, 0.1) is 0 Å². The summed E-state index contributed by atoms with van der Waals surface area (Å²) in [6.07, 6.45) is 3.93. The van der Waals surface area contributed by atoms with Crippen molar-refractivity contribution in [2.24, 2.45) is 0 Å². The maximum absolute atomic E-state index is 11.1. The molecule has 0 saturated heterocycles. The van der Waals surface area contributed by atoms with Gasteiger partial charge in [-0.25, -0.2) is 0 Å². The Morgan fingerprint density at radius 1 is 1.67 bits per heavy atom. The average molecular weight is 207 g/mol. The summed E-state index contributed by atoms with van der Waals surface area (Å²) in [7, 11) is 1.38. The Morgan fingerprint density at radius 3 is 3.33 bits per heavy atom. The molecule has 4 nitrogen and oxygen atoms in total. The van der Waals surface area contributed by atoms with Crippen molar-refractivity contribution in [3.63, 3.8) is 0 Å². The number of carbonyl (C=O) groups excluding carboxylic acids is 1. The van der Waals surface area contributed by atoms with Gasteiger partial charge in [-0.2, -0.15) is 0 Å². The smallest absolute Gasteiger partial charge is 0.311 e. The molecule has 0 bridgehead atoms. The molecule has 2 rings (SSSR count). The van der Waals surface area contributed by atoms with Crippen molar-refractivity contribution in [3.05, 3.63) is 23.5 Å². The summed E-state index contributed by atoms with van der Waals surface area (Å²) < 4.78 is 10.0. The fourth-order valence-electron chi connectivity index (χ4n) is 1.62. The third-order valence-corrected chi connectivity index (χ3v) is 2.41. The molecular weight excluding hydrogens is 194 g/mol. The molecule has 0 aromatic carbocycles. The van der Waals surface area contributed by atoms with Crippen LogP contribution in [-0.2, 0) is 22.4 Å². The van der Waals surface area contributed by atoms with Gasteiger partial charge < -0.3 is 9.47 Å². The first kappa shape index (κ1) is 9.96. The fourth-order valence-corrected chi connectivity index (χ4v) is 1.62. The fraction of sp³-hybridized carbons (Fsp3) is 0.455. The van der Waals surface area contributed by atoms with E-state index < -0.39 is 0 Å². The van der Waals surface area contributed by atoms with Crippen molar-refractivity contribution in [1.29, 1.82) is 0 Å². The molecule has 1 aliphatic heterocycles. The minimum Gasteiger partial charge on any atom is -0.492 e. The van der Waals surface area contributed by atoms with E-state index in [0.717, 1.165) is 36.5 Å². The van der Waals surface area contributed by atoms with Crippen molar-refractivity contribution >= 4 is 5.97 Å². The second-order valence-electron chi connectivity index (χ2n) is 3.49. The van der Waals surface area contributed by atoms with E-state index in [-0.39, 0.29) is 12.4 Å². The number of aryl methyl sites for hydroxylation is 1. The largest absolute Gasteiger partial charge is 0.492 e. The lowest BCUT2D eigenvalue weighted by Crippen LogP contribution is -2.11. The molecule has 0 atom stereocenters. The lowest BCUT2D eigenvalue weighted by atomic mass is 10.1. The van der Waals surface area contributed by atoms with Crippen LogP contribution in [0.3, 0.4) is 0 Å². The number of esters is 1. The molecule has 0 N–H and O–H groups in total. The van der Waals surface area contributed by atoms with Gasteiger partial charge in [-0.15, -0.1) is 0 Å². The maximum Gasteiger partial charge on any atom is 0.311 e. The van der Waals surface area contributed by atoms with Crippen LogP contribution in [0.25, 0.3) is 0 Å². The van der Waals surface area contributed by atoms with Gasteiger partial charge in [0.2, 0.25) is 0 Å². The molecule has 15 heavy (non-hydrogen) atoms. The van der Waals surface area contributed by atoms with E-state index in [2.05, 4.69) is 9.72 Å². The van der Waals surface area contributed by atoms with E-state index >= 15 is 0 Å². The molecule has 0 unspecified atom stereocenters. The Bertz CT molecular complexity index is 376. The molecule has 0 saturated carbocycles. The molecule has 4 heteroatoms. The molecule has 1 aromatic heterocycles. The van der Waals surface area contributed by atoms with E-state index in [1.54, 1.807) is 6.20 Å². The first-order valence-corrected chi connectivity index (χ1v) is 4.97. The molecule has 1 aliphatic rings. The van der Waals surface area contributed by atoms with Crippen molar-refractivity contribution < 1.29 is 14.3 Å². The minimum atomic E-state index is -0.265. The zero-order valence-corrected chi connectivity index (χ0v) is 8.66. The van der Waals surface area contributed by atoms with Crippen LogP contribution in [-0.4, -0.2) is 24.7 Å². The molecule has 0 amide bonds. The van der Waals surface area contributed by atoms with E-state index in [4.69, 9.17) is 4.74 Å². The van der Waals surface area contributed by atoms with Crippen molar-refractivity contribution in [3.8, 4) is 5.75 Å². The van der Waals surface area contributed by atoms with Crippen molar-refractivity contribution in [1.82, 2.24) is 4.98 Å². The zero-order valence-electron chi connectivity index (χ0n) is 8.66. The topological polar surface area (TPSA) is 48.4 Å². The Morgan fingerprint density at radius 2 is 2.53 bits per heavy atom. The summed E-state index contributed by atoms with van der Waals surface area (Å²) in [5.41, 5.74) is 1.88. The number of fused-ring (bicyclic) bond motifs is 1. The zero-order chi connectivity index (χ0) is 10.7. The van der Waals surface area contributed by atoms with Crippen LogP contribution in [0.1, 0.15) is 17.7 Å². The van der Waals surface area contributed by atoms with Crippen molar-refractivity contribution in [2.75, 3.05) is 13.7 Å². The van der Waals surface area contributed by atoms with Gasteiger partial charge in [-0.05, 0) is 24.5 Å². The van der Waals surface area contributed by atoms with Gasteiger partial charge in [-0.1, -0.05) is 0 Å². The summed E-state index contributed by atoms with van der Waals surface area (Å²) in [4.78, 5) is 15.2. The highest BCUT2D eigenvalue weighted by atomic mass is 16.5. The summed E-state index contributed by atoms with van der Waals surface area (Å²) in [6, 6.07) is 1.92. The van der Waals surface area contributed by atoms with Crippen LogP contribution in [0.4, 0.5) is 0 Å². The Hall–Kier alpha value is -1.58. The Kier molecular flexibility index (Phi) is 2.85. The molecule has 0 aliphatic carbocycles. The highest BCUT2D eigenvalue weighted by Crippen LogP contribution is 2.24. The number of carbonyl (C=O) groups is 1. The van der Waals surface area contributed by atoms with E-state index in [1.807, 2.05) is 6.07 Å². The summed E-state index contributed by atoms with van der Waals surface area (Å²) in [5, 5.41) is 0. The molecule has 0 radical (unpaired) electrons.